The Labute approximate surface area is 88.1 Å². The van der Waals surface area contributed by atoms with Gasteiger partial charge in [-0.1, -0.05) is 13.8 Å². The van der Waals surface area contributed by atoms with Gasteiger partial charge in [-0.3, -0.25) is 0 Å². The summed E-state index contributed by atoms with van der Waals surface area (Å²) in [7, 11) is 0. The van der Waals surface area contributed by atoms with Gasteiger partial charge in [-0.2, -0.15) is 0 Å². The molecule has 0 aromatic rings. The summed E-state index contributed by atoms with van der Waals surface area (Å²) in [6, 6.07) is 0. The summed E-state index contributed by atoms with van der Waals surface area (Å²) in [5, 5.41) is 0. The maximum Gasteiger partial charge on any atom is -0.0106 e. The second-order valence-electron chi connectivity index (χ2n) is 0.816. The lowest BCUT2D eigenvalue weighted by Crippen LogP contribution is -1.87. The Morgan fingerprint density at radius 3 is 0.700 bits per heavy atom. The lowest BCUT2D eigenvalue weighted by Gasteiger charge is -1.53. The van der Waals surface area contributed by atoms with Crippen LogP contribution in [0.25, 0.3) is 0 Å². The van der Waals surface area contributed by atoms with Crippen molar-refractivity contribution < 1.29 is 0 Å². The molecule has 0 amide bonds. The van der Waals surface area contributed by atoms with Gasteiger partial charge in [0.05, 0.1) is 0 Å². The summed E-state index contributed by atoms with van der Waals surface area (Å²) in [4.78, 5) is 0. The molecule has 2 nitrogen and oxygen atoms in total. The molecule has 0 saturated carbocycles. The molecule has 0 heterocycles. The fourth-order valence-electron chi connectivity index (χ4n) is 0. The van der Waals surface area contributed by atoms with Crippen LogP contribution in [0.4, 0.5) is 0 Å². The maximum atomic E-state index is 4.85. The molecule has 0 aliphatic rings. The lowest BCUT2D eigenvalue weighted by atomic mass is 10.8. The molecule has 0 saturated heterocycles. The molecule has 72 valence electrons. The standard InChI is InChI=1S/2C2H7N.4ClH/c2*1-2-3;;;;/h2*2-3H2,1H3;4*1H. The molecule has 0 bridgehead atoms. The number of rotatable bonds is 0. The van der Waals surface area contributed by atoms with Gasteiger partial charge in [0.15, 0.2) is 0 Å². The second-order valence-corrected chi connectivity index (χ2v) is 0.816. The van der Waals surface area contributed by atoms with Gasteiger partial charge >= 0.3 is 0 Å². The van der Waals surface area contributed by atoms with Crippen LogP contribution in [-0.4, -0.2) is 13.1 Å². The van der Waals surface area contributed by atoms with Crippen LogP contribution in [-0.2, 0) is 0 Å². The highest BCUT2D eigenvalue weighted by Crippen LogP contribution is 1.20. The average molecular weight is 236 g/mol. The molecule has 0 aromatic heterocycles. The van der Waals surface area contributed by atoms with Crippen molar-refractivity contribution in [1.29, 1.82) is 0 Å². The molecule has 0 unspecified atom stereocenters. The van der Waals surface area contributed by atoms with E-state index in [-0.39, 0.29) is 49.6 Å². The van der Waals surface area contributed by atoms with Crippen molar-refractivity contribution in [3.8, 4) is 0 Å². The Hall–Kier alpha value is 1.08. The zero-order valence-electron chi connectivity index (χ0n) is 6.20. The van der Waals surface area contributed by atoms with Crippen LogP contribution in [0.5, 0.6) is 0 Å². The fourth-order valence-corrected chi connectivity index (χ4v) is 0. The Kier molecular flexibility index (Phi) is 382. The minimum atomic E-state index is 0. The van der Waals surface area contributed by atoms with Gasteiger partial charge in [-0.25, -0.2) is 0 Å². The summed E-state index contributed by atoms with van der Waals surface area (Å²) < 4.78 is 0. The van der Waals surface area contributed by atoms with Crippen molar-refractivity contribution in [2.24, 2.45) is 11.5 Å². The summed E-state index contributed by atoms with van der Waals surface area (Å²) in [5.41, 5.74) is 9.69. The summed E-state index contributed by atoms with van der Waals surface area (Å²) in [6.45, 7) is 5.31. The molecule has 6 heteroatoms. The van der Waals surface area contributed by atoms with Gasteiger partial charge in [-0.15, -0.1) is 49.6 Å². The van der Waals surface area contributed by atoms with Gasteiger partial charge < -0.3 is 11.5 Å². The van der Waals surface area contributed by atoms with Gasteiger partial charge in [0.25, 0.3) is 0 Å². The van der Waals surface area contributed by atoms with E-state index in [9.17, 15) is 0 Å². The van der Waals surface area contributed by atoms with Gasteiger partial charge in [0.1, 0.15) is 0 Å². The van der Waals surface area contributed by atoms with Gasteiger partial charge in [-0.05, 0) is 13.1 Å². The van der Waals surface area contributed by atoms with E-state index in [1.807, 2.05) is 13.8 Å². The third-order valence-electron chi connectivity index (χ3n) is 0. The molecule has 0 atom stereocenters. The zero-order valence-corrected chi connectivity index (χ0v) is 9.47. The average Bonchev–Trinajstić information content (AvgIpc) is 1.39. The molecule has 0 radical (unpaired) electrons. The van der Waals surface area contributed by atoms with Crippen molar-refractivity contribution in [3.63, 3.8) is 0 Å². The van der Waals surface area contributed by atoms with E-state index in [0.29, 0.717) is 0 Å². The third kappa shape index (κ3) is 508. The summed E-state index contributed by atoms with van der Waals surface area (Å²) in [6.07, 6.45) is 0. The number of nitrogens with two attached hydrogens (primary N) is 2. The van der Waals surface area contributed by atoms with Crippen molar-refractivity contribution in [1.82, 2.24) is 0 Å². The minimum absolute atomic E-state index is 0. The van der Waals surface area contributed by atoms with E-state index in [1.165, 1.54) is 0 Å². The Morgan fingerprint density at radius 2 is 0.700 bits per heavy atom. The van der Waals surface area contributed by atoms with Crippen LogP contribution < -0.4 is 11.5 Å². The van der Waals surface area contributed by atoms with Crippen LogP contribution in [0.3, 0.4) is 0 Å². The SMILES string of the molecule is CCN.CCN.Cl.Cl.Cl.Cl. The molecule has 0 aliphatic carbocycles. The minimum Gasteiger partial charge on any atom is -0.331 e. The molecule has 0 aliphatic heterocycles. The summed E-state index contributed by atoms with van der Waals surface area (Å²) in [5.74, 6) is 0. The zero-order chi connectivity index (χ0) is 5.41. The number of hydrogen-bond donors (Lipinski definition) is 2. The molecular formula is C4H18Cl4N2. The Bertz CT molecular complexity index is 17.2. The highest BCUT2D eigenvalue weighted by Gasteiger charge is 1.33. The van der Waals surface area contributed by atoms with Crippen LogP contribution in [0.2, 0.25) is 0 Å². The molecular weight excluding hydrogens is 218 g/mol. The molecule has 0 rings (SSSR count). The van der Waals surface area contributed by atoms with E-state index in [0.717, 1.165) is 13.1 Å². The fraction of sp³-hybridized carbons (Fsp3) is 1.00. The molecule has 0 aromatic carbocycles. The summed E-state index contributed by atoms with van der Waals surface area (Å²) >= 11 is 0. The lowest BCUT2D eigenvalue weighted by molar-refractivity contribution is 1.14. The van der Waals surface area contributed by atoms with Crippen molar-refractivity contribution in [2.75, 3.05) is 13.1 Å². The molecule has 0 spiro atoms. The van der Waals surface area contributed by atoms with Gasteiger partial charge in [0, 0.05) is 0 Å². The van der Waals surface area contributed by atoms with Crippen molar-refractivity contribution in [3.05, 3.63) is 0 Å². The van der Waals surface area contributed by atoms with Crippen molar-refractivity contribution in [2.45, 2.75) is 13.8 Å². The van der Waals surface area contributed by atoms with E-state index in [2.05, 4.69) is 0 Å². The first-order valence-electron chi connectivity index (χ1n) is 2.23. The molecule has 10 heavy (non-hydrogen) atoms. The second kappa shape index (κ2) is 87.6. The van der Waals surface area contributed by atoms with Crippen molar-refractivity contribution >= 4 is 49.6 Å². The maximum absolute atomic E-state index is 4.85. The van der Waals surface area contributed by atoms with E-state index >= 15 is 0 Å². The third-order valence-corrected chi connectivity index (χ3v) is 0. The number of halogens is 4. The quantitative estimate of drug-likeness (QED) is 0.671. The van der Waals surface area contributed by atoms with Crippen LogP contribution in [0.1, 0.15) is 13.8 Å². The smallest absolute Gasteiger partial charge is 0.0106 e. The first-order valence-corrected chi connectivity index (χ1v) is 2.23. The number of hydrogen-bond acceptors (Lipinski definition) is 2. The monoisotopic (exact) mass is 234 g/mol. The highest BCUT2D eigenvalue weighted by atomic mass is 35.5. The molecule has 4 N–H and O–H groups in total. The first kappa shape index (κ1) is 43.6. The largest absolute Gasteiger partial charge is 0.331 e. The van der Waals surface area contributed by atoms with Crippen LogP contribution in [0, 0.1) is 0 Å². The van der Waals surface area contributed by atoms with E-state index in [1.54, 1.807) is 0 Å². The van der Waals surface area contributed by atoms with Gasteiger partial charge in [0.2, 0.25) is 0 Å². The van der Waals surface area contributed by atoms with Crippen LogP contribution in [0.15, 0.2) is 0 Å². The Morgan fingerprint density at radius 1 is 0.700 bits per heavy atom. The topological polar surface area (TPSA) is 52.0 Å². The van der Waals surface area contributed by atoms with E-state index < -0.39 is 0 Å². The van der Waals surface area contributed by atoms with Crippen LogP contribution >= 0.6 is 49.6 Å². The predicted octanol–water partition coefficient (Wildman–Crippen LogP) is 1.62. The molecule has 0 fully saturated rings. The highest BCUT2D eigenvalue weighted by molar-refractivity contribution is 5.86. The van der Waals surface area contributed by atoms with E-state index in [4.69, 9.17) is 11.5 Å². The predicted molar refractivity (Wildman–Crippen MR) is 58.4 cm³/mol. The Balaban J connectivity index is -0.00000000571. The normalized spacial score (nSPS) is 3.60. The first-order chi connectivity index (χ1) is 2.83.